The first-order valence-electron chi connectivity index (χ1n) is 4.52. The van der Waals surface area contributed by atoms with Gasteiger partial charge < -0.3 is 0 Å². The predicted molar refractivity (Wildman–Crippen MR) is 57.6 cm³/mol. The standard InChI is InChI=1S/C10H9F2N3S/c11-7-3-1-2-6(9(7)12)10(15-13)8-4-14-5-16-8/h1-5,10,15H,13H2. The molecule has 0 fully saturated rings. The summed E-state index contributed by atoms with van der Waals surface area (Å²) < 4.78 is 26.6. The molecule has 0 spiro atoms. The average Bonchev–Trinajstić information content (AvgIpc) is 2.79. The van der Waals surface area contributed by atoms with Crippen molar-refractivity contribution in [3.63, 3.8) is 0 Å². The van der Waals surface area contributed by atoms with Gasteiger partial charge in [0.1, 0.15) is 0 Å². The van der Waals surface area contributed by atoms with Crippen molar-refractivity contribution < 1.29 is 8.78 Å². The summed E-state index contributed by atoms with van der Waals surface area (Å²) in [6, 6.07) is 3.42. The number of benzene rings is 1. The molecule has 3 N–H and O–H groups in total. The third-order valence-electron chi connectivity index (χ3n) is 2.20. The van der Waals surface area contributed by atoms with Gasteiger partial charge in [-0.05, 0) is 6.07 Å². The number of nitrogens with zero attached hydrogens (tertiary/aromatic N) is 1. The lowest BCUT2D eigenvalue weighted by molar-refractivity contribution is 0.484. The number of hydrogen-bond donors (Lipinski definition) is 2. The van der Waals surface area contributed by atoms with Crippen LogP contribution in [-0.4, -0.2) is 4.98 Å². The van der Waals surface area contributed by atoms with Crippen molar-refractivity contribution in [2.45, 2.75) is 6.04 Å². The van der Waals surface area contributed by atoms with Gasteiger partial charge in [0.15, 0.2) is 11.6 Å². The van der Waals surface area contributed by atoms with Gasteiger partial charge in [-0.1, -0.05) is 12.1 Å². The molecule has 0 aliphatic carbocycles. The van der Waals surface area contributed by atoms with Crippen LogP contribution in [0, 0.1) is 11.6 Å². The van der Waals surface area contributed by atoms with Crippen molar-refractivity contribution in [2.75, 3.05) is 0 Å². The molecule has 2 rings (SSSR count). The third-order valence-corrected chi connectivity index (χ3v) is 3.04. The zero-order valence-electron chi connectivity index (χ0n) is 8.15. The minimum absolute atomic E-state index is 0.173. The summed E-state index contributed by atoms with van der Waals surface area (Å²) in [4.78, 5) is 4.60. The van der Waals surface area contributed by atoms with Crippen LogP contribution in [0.4, 0.5) is 8.78 Å². The third kappa shape index (κ3) is 1.95. The van der Waals surface area contributed by atoms with Gasteiger partial charge in [0, 0.05) is 16.6 Å². The summed E-state index contributed by atoms with van der Waals surface area (Å²) in [7, 11) is 0. The highest BCUT2D eigenvalue weighted by Gasteiger charge is 2.19. The van der Waals surface area contributed by atoms with E-state index in [2.05, 4.69) is 10.4 Å². The SMILES string of the molecule is NNC(c1cncs1)c1cccc(F)c1F. The first kappa shape index (κ1) is 11.1. The van der Waals surface area contributed by atoms with Crippen molar-refractivity contribution in [3.8, 4) is 0 Å². The maximum atomic E-state index is 13.5. The van der Waals surface area contributed by atoms with Gasteiger partial charge >= 0.3 is 0 Å². The van der Waals surface area contributed by atoms with Crippen molar-refractivity contribution in [3.05, 3.63) is 52.0 Å². The minimum atomic E-state index is -0.890. The van der Waals surface area contributed by atoms with Crippen LogP contribution in [0.25, 0.3) is 0 Å². The Morgan fingerprint density at radius 1 is 1.38 bits per heavy atom. The van der Waals surface area contributed by atoms with Gasteiger partial charge in [0.05, 0.1) is 11.6 Å². The lowest BCUT2D eigenvalue weighted by atomic mass is 10.1. The number of thiazole rings is 1. The van der Waals surface area contributed by atoms with E-state index in [0.29, 0.717) is 0 Å². The summed E-state index contributed by atoms with van der Waals surface area (Å²) in [5.74, 6) is 3.58. The molecular formula is C10H9F2N3S. The smallest absolute Gasteiger partial charge is 0.164 e. The Morgan fingerprint density at radius 3 is 2.81 bits per heavy atom. The summed E-state index contributed by atoms with van der Waals surface area (Å²) in [6.07, 6.45) is 1.57. The number of rotatable bonds is 3. The Hall–Kier alpha value is -1.37. The first-order valence-corrected chi connectivity index (χ1v) is 5.40. The molecule has 6 heteroatoms. The van der Waals surface area contributed by atoms with E-state index in [0.717, 1.165) is 10.9 Å². The van der Waals surface area contributed by atoms with E-state index in [4.69, 9.17) is 5.84 Å². The Balaban J connectivity index is 2.45. The predicted octanol–water partition coefficient (Wildman–Crippen LogP) is 1.97. The highest BCUT2D eigenvalue weighted by Crippen LogP contribution is 2.27. The van der Waals surface area contributed by atoms with Crippen LogP contribution >= 0.6 is 11.3 Å². The first-order chi connectivity index (χ1) is 7.74. The number of hydrazine groups is 1. The van der Waals surface area contributed by atoms with E-state index in [9.17, 15) is 8.78 Å². The second kappa shape index (κ2) is 4.65. The molecule has 0 aliphatic rings. The average molecular weight is 241 g/mol. The molecular weight excluding hydrogens is 232 g/mol. The van der Waals surface area contributed by atoms with Gasteiger partial charge in [-0.15, -0.1) is 11.3 Å². The summed E-state index contributed by atoms with van der Waals surface area (Å²) in [5, 5.41) is 0. The molecule has 0 saturated carbocycles. The van der Waals surface area contributed by atoms with Crippen molar-refractivity contribution in [1.82, 2.24) is 10.4 Å². The van der Waals surface area contributed by atoms with Crippen LogP contribution in [0.3, 0.4) is 0 Å². The topological polar surface area (TPSA) is 50.9 Å². The molecule has 0 saturated heterocycles. The summed E-state index contributed by atoms with van der Waals surface area (Å²) >= 11 is 1.32. The van der Waals surface area contributed by atoms with E-state index >= 15 is 0 Å². The molecule has 0 radical (unpaired) electrons. The van der Waals surface area contributed by atoms with Crippen LogP contribution in [0.5, 0.6) is 0 Å². The van der Waals surface area contributed by atoms with E-state index in [1.165, 1.54) is 23.5 Å². The molecule has 0 bridgehead atoms. The Labute approximate surface area is 94.9 Å². The van der Waals surface area contributed by atoms with Crippen LogP contribution in [-0.2, 0) is 0 Å². The Bertz CT molecular complexity index is 473. The van der Waals surface area contributed by atoms with Gasteiger partial charge in [-0.2, -0.15) is 0 Å². The molecule has 1 aromatic carbocycles. The number of nitrogens with two attached hydrogens (primary N) is 1. The van der Waals surface area contributed by atoms with Gasteiger partial charge in [0.2, 0.25) is 0 Å². The number of hydrogen-bond acceptors (Lipinski definition) is 4. The monoisotopic (exact) mass is 241 g/mol. The highest BCUT2D eigenvalue weighted by molar-refractivity contribution is 7.09. The molecule has 3 nitrogen and oxygen atoms in total. The van der Waals surface area contributed by atoms with Gasteiger partial charge in [-0.25, -0.2) is 14.2 Å². The molecule has 84 valence electrons. The fourth-order valence-corrected chi connectivity index (χ4v) is 2.13. The lowest BCUT2D eigenvalue weighted by Gasteiger charge is -2.15. The molecule has 16 heavy (non-hydrogen) atoms. The number of aromatic nitrogens is 1. The molecule has 1 unspecified atom stereocenters. The Morgan fingerprint density at radius 2 is 2.19 bits per heavy atom. The zero-order valence-corrected chi connectivity index (χ0v) is 8.97. The minimum Gasteiger partial charge on any atom is -0.271 e. The van der Waals surface area contributed by atoms with Crippen LogP contribution < -0.4 is 11.3 Å². The molecule has 1 atom stereocenters. The quantitative estimate of drug-likeness (QED) is 0.638. The van der Waals surface area contributed by atoms with Crippen molar-refractivity contribution >= 4 is 11.3 Å². The van der Waals surface area contributed by atoms with E-state index in [1.807, 2.05) is 0 Å². The fourth-order valence-electron chi connectivity index (χ4n) is 1.44. The second-order valence-corrected chi connectivity index (χ2v) is 4.06. The van der Waals surface area contributed by atoms with Crippen molar-refractivity contribution in [1.29, 1.82) is 0 Å². The summed E-state index contributed by atoms with van der Waals surface area (Å²) in [6.45, 7) is 0. The van der Waals surface area contributed by atoms with Crippen molar-refractivity contribution in [2.24, 2.45) is 5.84 Å². The molecule has 1 heterocycles. The van der Waals surface area contributed by atoms with Crippen LogP contribution in [0.1, 0.15) is 16.5 Å². The second-order valence-electron chi connectivity index (χ2n) is 3.15. The molecule has 2 aromatic rings. The Kier molecular flexibility index (Phi) is 3.23. The maximum absolute atomic E-state index is 13.5. The summed E-state index contributed by atoms with van der Waals surface area (Å²) in [5.41, 5.74) is 4.23. The van der Waals surface area contributed by atoms with Crippen LogP contribution in [0.15, 0.2) is 29.9 Å². The zero-order chi connectivity index (χ0) is 11.5. The largest absolute Gasteiger partial charge is 0.271 e. The molecule has 1 aromatic heterocycles. The van der Waals surface area contributed by atoms with E-state index in [-0.39, 0.29) is 5.56 Å². The van der Waals surface area contributed by atoms with E-state index in [1.54, 1.807) is 11.7 Å². The maximum Gasteiger partial charge on any atom is 0.164 e. The normalized spacial score (nSPS) is 12.7. The lowest BCUT2D eigenvalue weighted by Crippen LogP contribution is -2.29. The fraction of sp³-hybridized carbons (Fsp3) is 0.100. The van der Waals surface area contributed by atoms with Gasteiger partial charge in [0.25, 0.3) is 0 Å². The molecule has 0 aliphatic heterocycles. The number of halogens is 2. The molecule has 0 amide bonds. The highest BCUT2D eigenvalue weighted by atomic mass is 32.1. The van der Waals surface area contributed by atoms with E-state index < -0.39 is 17.7 Å². The number of nitrogens with one attached hydrogen (secondary N) is 1. The van der Waals surface area contributed by atoms with Gasteiger partial charge in [-0.3, -0.25) is 10.8 Å². The van der Waals surface area contributed by atoms with Crippen LogP contribution in [0.2, 0.25) is 0 Å².